The highest BCUT2D eigenvalue weighted by atomic mass is 79.9. The summed E-state index contributed by atoms with van der Waals surface area (Å²) in [7, 11) is 0. The van der Waals surface area contributed by atoms with E-state index in [1.165, 1.54) is 11.8 Å². The Kier molecular flexibility index (Phi) is 5.83. The van der Waals surface area contributed by atoms with Gasteiger partial charge in [0.15, 0.2) is 0 Å². The molecule has 3 aromatic rings. The first-order valence-electron chi connectivity index (χ1n) is 7.65. The molecular formula is C17H16BrN5OS. The van der Waals surface area contributed by atoms with Gasteiger partial charge in [0.25, 0.3) is 0 Å². The predicted octanol–water partition coefficient (Wildman–Crippen LogP) is 3.60. The number of anilines is 1. The van der Waals surface area contributed by atoms with Crippen molar-refractivity contribution in [2.24, 2.45) is 0 Å². The molecule has 0 bridgehead atoms. The van der Waals surface area contributed by atoms with Gasteiger partial charge in [-0.05, 0) is 47.2 Å². The summed E-state index contributed by atoms with van der Waals surface area (Å²) in [5, 5.41) is 15.0. The maximum Gasteiger partial charge on any atom is 0.237 e. The SMILES string of the molecule is CC(Sc1nnnn1Cc1ccccc1)C(=O)Nc1ccc(Br)cc1. The van der Waals surface area contributed by atoms with Gasteiger partial charge in [-0.3, -0.25) is 4.79 Å². The Morgan fingerprint density at radius 1 is 1.20 bits per heavy atom. The predicted molar refractivity (Wildman–Crippen MR) is 101 cm³/mol. The van der Waals surface area contributed by atoms with E-state index >= 15 is 0 Å². The molecule has 1 unspecified atom stereocenters. The van der Waals surface area contributed by atoms with Gasteiger partial charge in [-0.15, -0.1) is 5.10 Å². The third kappa shape index (κ3) is 4.90. The van der Waals surface area contributed by atoms with E-state index in [-0.39, 0.29) is 11.2 Å². The van der Waals surface area contributed by atoms with Crippen LogP contribution in [0.1, 0.15) is 12.5 Å². The van der Waals surface area contributed by atoms with Gasteiger partial charge >= 0.3 is 0 Å². The second-order valence-corrected chi connectivity index (χ2v) is 7.58. The summed E-state index contributed by atoms with van der Waals surface area (Å²) in [5.41, 5.74) is 1.85. The molecule has 8 heteroatoms. The van der Waals surface area contributed by atoms with Crippen molar-refractivity contribution >= 4 is 39.3 Å². The lowest BCUT2D eigenvalue weighted by atomic mass is 10.2. The van der Waals surface area contributed by atoms with Crippen LogP contribution in [0.25, 0.3) is 0 Å². The van der Waals surface area contributed by atoms with Gasteiger partial charge in [-0.2, -0.15) is 0 Å². The van der Waals surface area contributed by atoms with E-state index < -0.39 is 0 Å². The van der Waals surface area contributed by atoms with E-state index in [2.05, 4.69) is 36.8 Å². The van der Waals surface area contributed by atoms with Gasteiger partial charge in [-0.1, -0.05) is 58.0 Å². The lowest BCUT2D eigenvalue weighted by Gasteiger charge is -2.12. The van der Waals surface area contributed by atoms with Crippen molar-refractivity contribution in [3.63, 3.8) is 0 Å². The largest absolute Gasteiger partial charge is 0.325 e. The second-order valence-electron chi connectivity index (χ2n) is 5.36. The molecule has 6 nitrogen and oxygen atoms in total. The lowest BCUT2D eigenvalue weighted by Crippen LogP contribution is -2.23. The van der Waals surface area contributed by atoms with Crippen molar-refractivity contribution in [1.82, 2.24) is 20.2 Å². The minimum atomic E-state index is -0.329. The van der Waals surface area contributed by atoms with Crippen molar-refractivity contribution in [3.05, 3.63) is 64.6 Å². The third-order valence-electron chi connectivity index (χ3n) is 3.44. The molecule has 0 aliphatic rings. The molecule has 1 amide bonds. The zero-order valence-corrected chi connectivity index (χ0v) is 15.9. The zero-order valence-electron chi connectivity index (χ0n) is 13.5. The molecule has 0 spiro atoms. The molecule has 0 fully saturated rings. The molecule has 1 aromatic heterocycles. The summed E-state index contributed by atoms with van der Waals surface area (Å²) in [6.45, 7) is 2.40. The van der Waals surface area contributed by atoms with E-state index in [1.54, 1.807) is 4.68 Å². The molecule has 1 heterocycles. The van der Waals surface area contributed by atoms with Crippen molar-refractivity contribution in [1.29, 1.82) is 0 Å². The Balaban J connectivity index is 1.63. The number of benzene rings is 2. The van der Waals surface area contributed by atoms with E-state index in [9.17, 15) is 4.79 Å². The molecule has 128 valence electrons. The smallest absolute Gasteiger partial charge is 0.237 e. The summed E-state index contributed by atoms with van der Waals surface area (Å²) in [5.74, 6) is -0.0958. The first-order valence-corrected chi connectivity index (χ1v) is 9.32. The number of nitrogens with one attached hydrogen (secondary N) is 1. The van der Waals surface area contributed by atoms with E-state index in [0.29, 0.717) is 11.7 Å². The quantitative estimate of drug-likeness (QED) is 0.620. The van der Waals surface area contributed by atoms with Crippen LogP contribution < -0.4 is 5.32 Å². The Morgan fingerprint density at radius 2 is 1.92 bits per heavy atom. The molecule has 3 rings (SSSR count). The molecule has 1 atom stereocenters. The number of hydrogen-bond donors (Lipinski definition) is 1. The molecule has 0 radical (unpaired) electrons. The summed E-state index contributed by atoms with van der Waals surface area (Å²) < 4.78 is 2.66. The number of rotatable bonds is 6. The highest BCUT2D eigenvalue weighted by Crippen LogP contribution is 2.22. The molecule has 0 aliphatic heterocycles. The van der Waals surface area contributed by atoms with E-state index in [0.717, 1.165) is 15.7 Å². The maximum absolute atomic E-state index is 12.4. The van der Waals surface area contributed by atoms with E-state index in [1.807, 2.05) is 61.5 Å². The van der Waals surface area contributed by atoms with Crippen LogP contribution in [-0.4, -0.2) is 31.4 Å². The highest BCUT2D eigenvalue weighted by Gasteiger charge is 2.18. The van der Waals surface area contributed by atoms with E-state index in [4.69, 9.17) is 0 Å². The fourth-order valence-corrected chi connectivity index (χ4v) is 3.18. The molecule has 0 aliphatic carbocycles. The Hall–Kier alpha value is -2.19. The minimum Gasteiger partial charge on any atom is -0.325 e. The van der Waals surface area contributed by atoms with Crippen LogP contribution >= 0.6 is 27.7 Å². The zero-order chi connectivity index (χ0) is 17.6. The number of amides is 1. The summed E-state index contributed by atoms with van der Waals surface area (Å²) >= 11 is 4.71. The maximum atomic E-state index is 12.4. The van der Waals surface area contributed by atoms with Crippen molar-refractivity contribution in [3.8, 4) is 0 Å². The number of tetrazole rings is 1. The van der Waals surface area contributed by atoms with Gasteiger partial charge in [0.05, 0.1) is 11.8 Å². The number of hydrogen-bond acceptors (Lipinski definition) is 5. The number of aromatic nitrogens is 4. The number of carbonyl (C=O) groups is 1. The normalized spacial score (nSPS) is 11.9. The average molecular weight is 418 g/mol. The fourth-order valence-electron chi connectivity index (χ4n) is 2.13. The number of thioether (sulfide) groups is 1. The van der Waals surface area contributed by atoms with Gasteiger partial charge in [0.1, 0.15) is 0 Å². The van der Waals surface area contributed by atoms with Gasteiger partial charge in [-0.25, -0.2) is 4.68 Å². The monoisotopic (exact) mass is 417 g/mol. The molecule has 2 aromatic carbocycles. The average Bonchev–Trinajstić information content (AvgIpc) is 3.04. The number of nitrogens with zero attached hydrogens (tertiary/aromatic N) is 4. The van der Waals surface area contributed by atoms with Crippen molar-refractivity contribution in [2.45, 2.75) is 23.9 Å². The first-order chi connectivity index (χ1) is 12.1. The van der Waals surface area contributed by atoms with Crippen LogP contribution in [0.5, 0.6) is 0 Å². The van der Waals surface area contributed by atoms with Crippen LogP contribution in [0.3, 0.4) is 0 Å². The molecule has 0 saturated heterocycles. The molecule has 1 N–H and O–H groups in total. The third-order valence-corrected chi connectivity index (χ3v) is 5.04. The Bertz CT molecular complexity index is 838. The Labute approximate surface area is 158 Å². The standard InChI is InChI=1S/C17H16BrN5OS/c1-12(16(24)19-15-9-7-14(18)8-10-15)25-17-20-21-22-23(17)11-13-5-3-2-4-6-13/h2-10,12H,11H2,1H3,(H,19,24). The van der Waals surface area contributed by atoms with Gasteiger partial charge < -0.3 is 5.32 Å². The lowest BCUT2D eigenvalue weighted by molar-refractivity contribution is -0.115. The van der Waals surface area contributed by atoms with Crippen LogP contribution in [0.15, 0.2) is 64.2 Å². The molecular weight excluding hydrogens is 402 g/mol. The first kappa shape index (κ1) is 17.6. The molecule has 25 heavy (non-hydrogen) atoms. The fraction of sp³-hybridized carbons (Fsp3) is 0.176. The van der Waals surface area contributed by atoms with Crippen LogP contribution in [0, 0.1) is 0 Å². The minimum absolute atomic E-state index is 0.0958. The summed E-state index contributed by atoms with van der Waals surface area (Å²) in [6, 6.07) is 17.4. The summed E-state index contributed by atoms with van der Waals surface area (Å²) in [6.07, 6.45) is 0. The second kappa shape index (κ2) is 8.26. The Morgan fingerprint density at radius 3 is 2.64 bits per heavy atom. The van der Waals surface area contributed by atoms with Crippen molar-refractivity contribution in [2.75, 3.05) is 5.32 Å². The van der Waals surface area contributed by atoms with Gasteiger partial charge in [0, 0.05) is 10.2 Å². The topological polar surface area (TPSA) is 72.7 Å². The van der Waals surface area contributed by atoms with Crippen LogP contribution in [0.4, 0.5) is 5.69 Å². The van der Waals surface area contributed by atoms with Crippen molar-refractivity contribution < 1.29 is 4.79 Å². The highest BCUT2D eigenvalue weighted by molar-refractivity contribution is 9.10. The van der Waals surface area contributed by atoms with Crippen LogP contribution in [-0.2, 0) is 11.3 Å². The van der Waals surface area contributed by atoms with Gasteiger partial charge in [0.2, 0.25) is 11.1 Å². The molecule has 0 saturated carbocycles. The number of carbonyl (C=O) groups excluding carboxylic acids is 1. The number of halogens is 1. The van der Waals surface area contributed by atoms with Crippen LogP contribution in [0.2, 0.25) is 0 Å². The summed E-state index contributed by atoms with van der Waals surface area (Å²) in [4.78, 5) is 12.4.